The third-order valence-corrected chi connectivity index (χ3v) is 4.92. The van der Waals surface area contributed by atoms with E-state index in [1.165, 1.54) is 0 Å². The van der Waals surface area contributed by atoms with Crippen LogP contribution in [0.2, 0.25) is 0 Å². The molecule has 0 saturated carbocycles. The number of esters is 1. The Morgan fingerprint density at radius 2 is 1.22 bits per heavy atom. The Bertz CT molecular complexity index is 1010. The van der Waals surface area contributed by atoms with Gasteiger partial charge in [0.1, 0.15) is 0 Å². The van der Waals surface area contributed by atoms with Crippen molar-refractivity contribution in [3.63, 3.8) is 0 Å². The molecule has 2 heteroatoms. The van der Waals surface area contributed by atoms with Gasteiger partial charge in [0.05, 0.1) is 0 Å². The second kappa shape index (κ2) is 7.63. The number of benzene rings is 4. The fourth-order valence-electron chi connectivity index (χ4n) is 3.65. The average molecular weight is 354 g/mol. The smallest absolute Gasteiger partial charge is 0.306 e. The fourth-order valence-corrected chi connectivity index (χ4v) is 3.65. The maximum Gasteiger partial charge on any atom is 0.306 e. The molecule has 0 amide bonds. The Morgan fingerprint density at radius 3 is 1.74 bits per heavy atom. The molecule has 0 aliphatic carbocycles. The first-order valence-corrected chi connectivity index (χ1v) is 9.42. The van der Waals surface area contributed by atoms with E-state index >= 15 is 0 Å². The molecule has 4 aromatic carbocycles. The topological polar surface area (TPSA) is 26.3 Å². The Hall–Kier alpha value is -3.13. The lowest BCUT2D eigenvalue weighted by Crippen LogP contribution is -2.13. The number of hydrogen-bond acceptors (Lipinski definition) is 2. The maximum absolute atomic E-state index is 12.5. The predicted molar refractivity (Wildman–Crippen MR) is 111 cm³/mol. The van der Waals surface area contributed by atoms with Crippen LogP contribution in [-0.4, -0.2) is 5.97 Å². The molecule has 27 heavy (non-hydrogen) atoms. The number of ether oxygens (including phenoxy) is 1. The predicted octanol–water partition coefficient (Wildman–Crippen LogP) is 6.43. The molecule has 0 atom stereocenters. The first kappa shape index (κ1) is 17.3. The largest absolute Gasteiger partial charge is 0.452 e. The number of rotatable bonds is 5. The molecule has 2 nitrogen and oxygen atoms in total. The minimum atomic E-state index is -0.429. The van der Waals surface area contributed by atoms with Crippen molar-refractivity contribution in [2.24, 2.45) is 0 Å². The molecule has 0 aromatic heterocycles. The second-order valence-corrected chi connectivity index (χ2v) is 6.76. The molecule has 0 spiro atoms. The lowest BCUT2D eigenvalue weighted by Gasteiger charge is -2.22. The van der Waals surface area contributed by atoms with Crippen molar-refractivity contribution < 1.29 is 9.53 Å². The molecule has 0 aliphatic rings. The zero-order valence-corrected chi connectivity index (χ0v) is 15.4. The monoisotopic (exact) mass is 354 g/mol. The minimum Gasteiger partial charge on any atom is -0.452 e. The van der Waals surface area contributed by atoms with Crippen LogP contribution in [0.1, 0.15) is 37.0 Å². The summed E-state index contributed by atoms with van der Waals surface area (Å²) in [4.78, 5) is 12.5. The lowest BCUT2D eigenvalue weighted by atomic mass is 9.92. The van der Waals surface area contributed by atoms with Gasteiger partial charge >= 0.3 is 5.97 Å². The van der Waals surface area contributed by atoms with Crippen LogP contribution < -0.4 is 0 Å². The van der Waals surface area contributed by atoms with Gasteiger partial charge in [-0.15, -0.1) is 0 Å². The van der Waals surface area contributed by atoms with Gasteiger partial charge in [0.25, 0.3) is 0 Å². The summed E-state index contributed by atoms with van der Waals surface area (Å²) in [6.45, 7) is 1.99. The molecule has 4 aromatic rings. The summed E-state index contributed by atoms with van der Waals surface area (Å²) >= 11 is 0. The van der Waals surface area contributed by atoms with Gasteiger partial charge in [-0.1, -0.05) is 91.9 Å². The van der Waals surface area contributed by atoms with Crippen molar-refractivity contribution in [2.45, 2.75) is 25.9 Å². The highest BCUT2D eigenvalue weighted by molar-refractivity contribution is 5.90. The zero-order valence-electron chi connectivity index (χ0n) is 15.4. The third kappa shape index (κ3) is 3.43. The zero-order chi connectivity index (χ0) is 18.6. The highest BCUT2D eigenvalue weighted by Gasteiger charge is 2.22. The quantitative estimate of drug-likeness (QED) is 0.386. The summed E-state index contributed by atoms with van der Waals surface area (Å²) in [6, 6.07) is 28.9. The van der Waals surface area contributed by atoms with Gasteiger partial charge in [-0.25, -0.2) is 0 Å². The van der Waals surface area contributed by atoms with Gasteiger partial charge in [0, 0.05) is 17.5 Å². The Morgan fingerprint density at radius 1 is 0.741 bits per heavy atom. The Kier molecular flexibility index (Phi) is 4.88. The number of carbonyl (C=O) groups is 1. The van der Waals surface area contributed by atoms with Crippen molar-refractivity contribution in [1.29, 1.82) is 0 Å². The van der Waals surface area contributed by atoms with Crippen molar-refractivity contribution in [3.05, 3.63) is 96.1 Å². The lowest BCUT2D eigenvalue weighted by molar-refractivity contribution is -0.147. The number of fused-ring (bicyclic) bond motifs is 2. The summed E-state index contributed by atoms with van der Waals surface area (Å²) < 4.78 is 6.04. The fraction of sp³-hybridized carbons (Fsp3) is 0.160. The van der Waals surface area contributed by atoms with E-state index in [1.807, 2.05) is 43.3 Å². The van der Waals surface area contributed by atoms with Gasteiger partial charge in [0.2, 0.25) is 0 Å². The van der Waals surface area contributed by atoms with E-state index in [0.29, 0.717) is 6.42 Å². The molecule has 0 saturated heterocycles. The van der Waals surface area contributed by atoms with Gasteiger partial charge in [-0.2, -0.15) is 0 Å². The van der Waals surface area contributed by atoms with Crippen LogP contribution in [0.15, 0.2) is 84.9 Å². The molecule has 0 radical (unpaired) electrons. The molecule has 0 bridgehead atoms. The van der Waals surface area contributed by atoms with Crippen LogP contribution in [0.5, 0.6) is 0 Å². The first-order chi connectivity index (χ1) is 13.3. The van der Waals surface area contributed by atoms with Crippen LogP contribution in [0.25, 0.3) is 21.5 Å². The van der Waals surface area contributed by atoms with Crippen LogP contribution in [0, 0.1) is 0 Å². The Labute approximate surface area is 159 Å². The standard InChI is InChI=1S/C25H22O2/c1-2-9-24(26)27-25(22-16-7-12-18-10-3-5-14-20(18)22)23-17-8-13-19-11-4-6-15-21(19)23/h3-8,10-17,25H,2,9H2,1H3. The maximum atomic E-state index is 12.5. The van der Waals surface area contributed by atoms with E-state index in [0.717, 1.165) is 39.1 Å². The third-order valence-electron chi connectivity index (χ3n) is 4.92. The molecular weight excluding hydrogens is 332 g/mol. The molecule has 0 unspecified atom stereocenters. The molecule has 4 rings (SSSR count). The molecule has 0 N–H and O–H groups in total. The Balaban J connectivity index is 1.92. The summed E-state index contributed by atoms with van der Waals surface area (Å²) in [5, 5.41) is 4.52. The van der Waals surface area contributed by atoms with E-state index < -0.39 is 6.10 Å². The molecule has 0 heterocycles. The first-order valence-electron chi connectivity index (χ1n) is 9.42. The van der Waals surface area contributed by atoms with Crippen LogP contribution in [0.4, 0.5) is 0 Å². The van der Waals surface area contributed by atoms with Crippen molar-refractivity contribution in [1.82, 2.24) is 0 Å². The molecule has 0 aliphatic heterocycles. The van der Waals surface area contributed by atoms with Gasteiger partial charge in [-0.05, 0) is 28.0 Å². The highest BCUT2D eigenvalue weighted by atomic mass is 16.5. The van der Waals surface area contributed by atoms with E-state index in [9.17, 15) is 4.79 Å². The van der Waals surface area contributed by atoms with E-state index in [1.54, 1.807) is 0 Å². The highest BCUT2D eigenvalue weighted by Crippen LogP contribution is 2.35. The van der Waals surface area contributed by atoms with Crippen molar-refractivity contribution >= 4 is 27.5 Å². The van der Waals surface area contributed by atoms with E-state index in [4.69, 9.17) is 4.74 Å². The van der Waals surface area contributed by atoms with Gasteiger partial charge < -0.3 is 4.74 Å². The summed E-state index contributed by atoms with van der Waals surface area (Å²) in [5.74, 6) is -0.164. The second-order valence-electron chi connectivity index (χ2n) is 6.76. The minimum absolute atomic E-state index is 0.164. The summed E-state index contributed by atoms with van der Waals surface area (Å²) in [7, 11) is 0. The van der Waals surface area contributed by atoms with Crippen molar-refractivity contribution in [2.75, 3.05) is 0 Å². The van der Waals surface area contributed by atoms with Gasteiger partial charge in [-0.3, -0.25) is 4.79 Å². The average Bonchev–Trinajstić information content (AvgIpc) is 2.72. The van der Waals surface area contributed by atoms with E-state index in [2.05, 4.69) is 48.5 Å². The normalized spacial score (nSPS) is 11.2. The summed E-state index contributed by atoms with van der Waals surface area (Å²) in [6.07, 6.45) is 0.768. The molecule has 0 fully saturated rings. The molecular formula is C25H22O2. The number of hydrogen-bond donors (Lipinski definition) is 0. The van der Waals surface area contributed by atoms with Gasteiger partial charge in [0.15, 0.2) is 6.10 Å². The number of carbonyl (C=O) groups excluding carboxylic acids is 1. The SMILES string of the molecule is CCCC(=O)OC(c1cccc2ccccc12)c1cccc2ccccc12. The molecule has 134 valence electrons. The van der Waals surface area contributed by atoms with Crippen LogP contribution in [0.3, 0.4) is 0 Å². The van der Waals surface area contributed by atoms with Crippen molar-refractivity contribution in [3.8, 4) is 0 Å². The van der Waals surface area contributed by atoms with Crippen LogP contribution in [-0.2, 0) is 9.53 Å². The van der Waals surface area contributed by atoms with Crippen LogP contribution >= 0.6 is 0 Å². The van der Waals surface area contributed by atoms with E-state index in [-0.39, 0.29) is 5.97 Å². The summed E-state index contributed by atoms with van der Waals surface area (Å²) in [5.41, 5.74) is 2.04.